The maximum Gasteiger partial charge on any atom is 0.191 e. The van der Waals surface area contributed by atoms with Gasteiger partial charge in [0.1, 0.15) is 11.6 Å². The Balaban J connectivity index is 1.62. The number of ketones is 1. The summed E-state index contributed by atoms with van der Waals surface area (Å²) in [6.07, 6.45) is 0.666. The third-order valence-electron chi connectivity index (χ3n) is 3.94. The van der Waals surface area contributed by atoms with E-state index in [2.05, 4.69) is 10.2 Å². The van der Waals surface area contributed by atoms with Gasteiger partial charge in [-0.15, -0.1) is 10.2 Å². The maximum atomic E-state index is 12.3. The molecule has 3 rings (SSSR count). The van der Waals surface area contributed by atoms with Crippen LogP contribution in [0.3, 0.4) is 0 Å². The summed E-state index contributed by atoms with van der Waals surface area (Å²) < 4.78 is 7.09. The lowest BCUT2D eigenvalue weighted by Gasteiger charge is -2.05. The molecule has 0 saturated carbocycles. The second kappa shape index (κ2) is 8.38. The molecule has 0 radical (unpaired) electrons. The second-order valence-electron chi connectivity index (χ2n) is 5.70. The highest BCUT2D eigenvalue weighted by atomic mass is 35.5. The molecule has 7 heteroatoms. The van der Waals surface area contributed by atoms with E-state index in [1.54, 1.807) is 31.4 Å². The summed E-state index contributed by atoms with van der Waals surface area (Å²) in [7, 11) is 3.56. The average Bonchev–Trinajstić information content (AvgIpc) is 3.00. The molecule has 0 saturated heterocycles. The van der Waals surface area contributed by atoms with E-state index in [1.807, 2.05) is 35.9 Å². The lowest BCUT2D eigenvalue weighted by atomic mass is 10.1. The lowest BCUT2D eigenvalue weighted by molar-refractivity contribution is 0.102. The fourth-order valence-electron chi connectivity index (χ4n) is 2.40. The molecule has 26 heavy (non-hydrogen) atoms. The van der Waals surface area contributed by atoms with Gasteiger partial charge in [0, 0.05) is 24.1 Å². The van der Waals surface area contributed by atoms with Crippen molar-refractivity contribution in [2.24, 2.45) is 7.05 Å². The summed E-state index contributed by atoms with van der Waals surface area (Å²) in [5.41, 5.74) is 1.76. The van der Waals surface area contributed by atoms with Crippen molar-refractivity contribution in [1.29, 1.82) is 0 Å². The molecule has 0 unspecified atom stereocenters. The number of carbonyl (C=O) groups excluding carboxylic acids is 1. The molecule has 3 aromatic rings. The van der Waals surface area contributed by atoms with Crippen molar-refractivity contribution in [1.82, 2.24) is 14.8 Å². The summed E-state index contributed by atoms with van der Waals surface area (Å²) in [6, 6.07) is 14.8. The number of hydrogen-bond donors (Lipinski definition) is 0. The third kappa shape index (κ3) is 4.45. The number of halogens is 1. The fraction of sp³-hybridized carbons (Fsp3) is 0.211. The van der Waals surface area contributed by atoms with Gasteiger partial charge in [-0.2, -0.15) is 0 Å². The minimum Gasteiger partial charge on any atom is -0.497 e. The molecule has 1 aromatic heterocycles. The van der Waals surface area contributed by atoms with Gasteiger partial charge in [-0.05, 0) is 42.0 Å². The van der Waals surface area contributed by atoms with E-state index in [0.29, 0.717) is 22.8 Å². The van der Waals surface area contributed by atoms with Crippen LogP contribution in [0.15, 0.2) is 53.7 Å². The van der Waals surface area contributed by atoms with Crippen LogP contribution >= 0.6 is 23.4 Å². The number of aromatic nitrogens is 3. The Bertz CT molecular complexity index is 892. The Hall–Kier alpha value is -2.31. The van der Waals surface area contributed by atoms with Crippen LogP contribution in [0.1, 0.15) is 21.7 Å². The van der Waals surface area contributed by atoms with Crippen LogP contribution in [0.2, 0.25) is 5.02 Å². The SMILES string of the molecule is COc1ccc(Cc2nnc(SCC(=O)c3ccc(Cl)cc3)n2C)cc1. The number of hydrogen-bond acceptors (Lipinski definition) is 5. The Labute approximate surface area is 161 Å². The molecule has 134 valence electrons. The van der Waals surface area contributed by atoms with Gasteiger partial charge in [0.15, 0.2) is 10.9 Å². The largest absolute Gasteiger partial charge is 0.497 e. The molecule has 0 aliphatic carbocycles. The summed E-state index contributed by atoms with van der Waals surface area (Å²) in [4.78, 5) is 12.3. The normalized spacial score (nSPS) is 10.7. The predicted octanol–water partition coefficient (Wildman–Crippen LogP) is 4.04. The quantitative estimate of drug-likeness (QED) is 0.452. The van der Waals surface area contributed by atoms with E-state index in [9.17, 15) is 4.79 Å². The van der Waals surface area contributed by atoms with Gasteiger partial charge >= 0.3 is 0 Å². The Morgan fingerprint density at radius 2 is 1.81 bits per heavy atom. The van der Waals surface area contributed by atoms with Crippen molar-refractivity contribution in [2.45, 2.75) is 11.6 Å². The topological polar surface area (TPSA) is 57.0 Å². The standard InChI is InChI=1S/C19H18ClN3O2S/c1-23-18(11-13-3-9-16(25-2)10-4-13)21-22-19(23)26-12-17(24)14-5-7-15(20)8-6-14/h3-10H,11-12H2,1-2H3. The summed E-state index contributed by atoms with van der Waals surface area (Å²) in [5, 5.41) is 9.79. The number of carbonyl (C=O) groups is 1. The van der Waals surface area contributed by atoms with Crippen LogP contribution in [0.25, 0.3) is 0 Å². The van der Waals surface area contributed by atoms with Crippen LogP contribution < -0.4 is 4.74 Å². The molecule has 0 aliphatic rings. The Morgan fingerprint density at radius 1 is 1.12 bits per heavy atom. The highest BCUT2D eigenvalue weighted by Crippen LogP contribution is 2.20. The van der Waals surface area contributed by atoms with E-state index in [-0.39, 0.29) is 5.78 Å². The number of nitrogens with zero attached hydrogens (tertiary/aromatic N) is 3. The first kappa shape index (κ1) is 18.5. The Morgan fingerprint density at radius 3 is 2.46 bits per heavy atom. The number of benzene rings is 2. The number of ether oxygens (including phenoxy) is 1. The van der Waals surface area contributed by atoms with Crippen molar-refractivity contribution in [3.05, 3.63) is 70.5 Å². The van der Waals surface area contributed by atoms with Crippen molar-refractivity contribution < 1.29 is 9.53 Å². The van der Waals surface area contributed by atoms with Crippen LogP contribution in [0.4, 0.5) is 0 Å². The molecule has 0 fully saturated rings. The third-order valence-corrected chi connectivity index (χ3v) is 5.22. The van der Waals surface area contributed by atoms with Crippen LogP contribution in [0.5, 0.6) is 5.75 Å². The van der Waals surface area contributed by atoms with E-state index < -0.39 is 0 Å². The van der Waals surface area contributed by atoms with Crippen molar-refractivity contribution >= 4 is 29.1 Å². The average molecular weight is 388 g/mol. The van der Waals surface area contributed by atoms with E-state index in [1.165, 1.54) is 11.8 Å². The molecule has 0 amide bonds. The number of methoxy groups -OCH3 is 1. The molecule has 0 spiro atoms. The summed E-state index contributed by atoms with van der Waals surface area (Å²) in [6.45, 7) is 0. The van der Waals surface area contributed by atoms with Gasteiger partial charge < -0.3 is 9.30 Å². The maximum absolute atomic E-state index is 12.3. The van der Waals surface area contributed by atoms with Crippen molar-refractivity contribution in [3.8, 4) is 5.75 Å². The smallest absolute Gasteiger partial charge is 0.191 e. The highest BCUT2D eigenvalue weighted by molar-refractivity contribution is 7.99. The summed E-state index contributed by atoms with van der Waals surface area (Å²) >= 11 is 7.23. The van der Waals surface area contributed by atoms with Gasteiger partial charge in [0.2, 0.25) is 0 Å². The molecular formula is C19H18ClN3O2S. The number of Topliss-reactive ketones (excluding diaryl/α,β-unsaturated/α-hetero) is 1. The highest BCUT2D eigenvalue weighted by Gasteiger charge is 2.13. The monoisotopic (exact) mass is 387 g/mol. The first-order valence-electron chi connectivity index (χ1n) is 7.99. The minimum absolute atomic E-state index is 0.0337. The second-order valence-corrected chi connectivity index (χ2v) is 7.08. The zero-order valence-electron chi connectivity index (χ0n) is 14.5. The van der Waals surface area contributed by atoms with Gasteiger partial charge in [-0.25, -0.2) is 0 Å². The van der Waals surface area contributed by atoms with Crippen LogP contribution in [-0.4, -0.2) is 33.4 Å². The van der Waals surface area contributed by atoms with Crippen molar-refractivity contribution in [2.75, 3.05) is 12.9 Å². The van der Waals surface area contributed by atoms with Crippen LogP contribution in [0, 0.1) is 0 Å². The first-order valence-corrected chi connectivity index (χ1v) is 9.36. The molecule has 0 N–H and O–H groups in total. The molecule has 0 bridgehead atoms. The summed E-state index contributed by atoms with van der Waals surface area (Å²) in [5.74, 6) is 2.00. The fourth-order valence-corrected chi connectivity index (χ4v) is 3.35. The lowest BCUT2D eigenvalue weighted by Crippen LogP contribution is -2.04. The van der Waals surface area contributed by atoms with Crippen LogP contribution in [-0.2, 0) is 13.5 Å². The molecule has 5 nitrogen and oxygen atoms in total. The first-order chi connectivity index (χ1) is 12.6. The van der Waals surface area contributed by atoms with E-state index >= 15 is 0 Å². The zero-order chi connectivity index (χ0) is 18.5. The number of thioether (sulfide) groups is 1. The molecule has 2 aromatic carbocycles. The molecule has 0 aliphatic heterocycles. The van der Waals surface area contributed by atoms with Gasteiger partial charge in [-0.1, -0.05) is 35.5 Å². The van der Waals surface area contributed by atoms with Gasteiger partial charge in [-0.3, -0.25) is 4.79 Å². The number of rotatable bonds is 7. The zero-order valence-corrected chi connectivity index (χ0v) is 16.0. The minimum atomic E-state index is 0.0337. The molecular weight excluding hydrogens is 370 g/mol. The molecule has 1 heterocycles. The van der Waals surface area contributed by atoms with E-state index in [4.69, 9.17) is 16.3 Å². The Kier molecular flexibility index (Phi) is 5.96. The predicted molar refractivity (Wildman–Crippen MR) is 103 cm³/mol. The van der Waals surface area contributed by atoms with Crippen molar-refractivity contribution in [3.63, 3.8) is 0 Å². The van der Waals surface area contributed by atoms with Gasteiger partial charge in [0.05, 0.1) is 12.9 Å². The molecule has 0 atom stereocenters. The van der Waals surface area contributed by atoms with Gasteiger partial charge in [0.25, 0.3) is 0 Å². The van der Waals surface area contributed by atoms with E-state index in [0.717, 1.165) is 22.3 Å².